The van der Waals surface area contributed by atoms with Crippen molar-refractivity contribution in [1.82, 2.24) is 0 Å². The van der Waals surface area contributed by atoms with E-state index in [0.29, 0.717) is 16.3 Å². The Morgan fingerprint density at radius 3 is 2.47 bits per heavy atom. The number of amides is 1. The summed E-state index contributed by atoms with van der Waals surface area (Å²) >= 11 is 4.93. The van der Waals surface area contributed by atoms with Gasteiger partial charge in [0.1, 0.15) is 0 Å². The molecule has 1 aromatic heterocycles. The Morgan fingerprint density at radius 1 is 1.21 bits per heavy atom. The molecule has 100 valence electrons. The van der Waals surface area contributed by atoms with Gasteiger partial charge in [0.15, 0.2) is 0 Å². The quantitative estimate of drug-likeness (QED) is 0.803. The van der Waals surface area contributed by atoms with Crippen LogP contribution < -0.4 is 11.1 Å². The first-order chi connectivity index (χ1) is 8.88. The lowest BCUT2D eigenvalue weighted by atomic mass is 10.2. The fourth-order valence-electron chi connectivity index (χ4n) is 1.65. The molecule has 0 aliphatic rings. The number of nitrogens with two attached hydrogens (primary N) is 1. The largest absolute Gasteiger partial charge is 0.398 e. The van der Waals surface area contributed by atoms with Gasteiger partial charge in [-0.1, -0.05) is 0 Å². The molecule has 2 aromatic rings. The minimum Gasteiger partial charge on any atom is -0.398 e. The fourth-order valence-corrected chi connectivity index (χ4v) is 3.14. The highest BCUT2D eigenvalue weighted by molar-refractivity contribution is 9.10. The number of nitrogens with one attached hydrogen (secondary N) is 1. The molecule has 0 radical (unpaired) electrons. The summed E-state index contributed by atoms with van der Waals surface area (Å²) in [5.74, 6) is -0.106. The van der Waals surface area contributed by atoms with E-state index in [0.717, 1.165) is 20.5 Å². The molecule has 1 amide bonds. The minimum absolute atomic E-state index is 0.106. The Kier molecular flexibility index (Phi) is 3.96. The van der Waals surface area contributed by atoms with Crippen molar-refractivity contribution >= 4 is 44.5 Å². The molecule has 19 heavy (non-hydrogen) atoms. The lowest BCUT2D eigenvalue weighted by Crippen LogP contribution is -2.11. The predicted octanol–water partition coefficient (Wildman–Crippen LogP) is 4.27. The van der Waals surface area contributed by atoms with Crippen molar-refractivity contribution in [2.75, 3.05) is 11.1 Å². The first-order valence-corrected chi connectivity index (χ1v) is 7.43. The van der Waals surface area contributed by atoms with Crippen LogP contribution in [0.2, 0.25) is 0 Å². The summed E-state index contributed by atoms with van der Waals surface area (Å²) in [5, 5.41) is 2.88. The van der Waals surface area contributed by atoms with Crippen molar-refractivity contribution in [3.8, 4) is 0 Å². The average molecular weight is 339 g/mol. The van der Waals surface area contributed by atoms with Gasteiger partial charge in [-0.2, -0.15) is 0 Å². The van der Waals surface area contributed by atoms with E-state index in [1.165, 1.54) is 11.3 Å². The molecule has 2 rings (SSSR count). The summed E-state index contributed by atoms with van der Waals surface area (Å²) in [6, 6.07) is 5.57. The van der Waals surface area contributed by atoms with E-state index in [1.54, 1.807) is 6.07 Å². The molecule has 0 unspecified atom stereocenters. The van der Waals surface area contributed by atoms with Gasteiger partial charge in [-0.05, 0) is 66.0 Å². The maximum absolute atomic E-state index is 12.2. The number of nitrogen functional groups attached to an aromatic ring is 1. The van der Waals surface area contributed by atoms with Crippen LogP contribution in [0, 0.1) is 20.8 Å². The number of rotatable bonds is 2. The number of carbonyl (C=O) groups excluding carboxylic acids is 1. The molecule has 0 saturated carbocycles. The second kappa shape index (κ2) is 5.35. The molecular formula is C14H15BrN2OS. The van der Waals surface area contributed by atoms with Gasteiger partial charge in [0, 0.05) is 15.0 Å². The predicted molar refractivity (Wildman–Crippen MR) is 85.0 cm³/mol. The molecule has 3 N–H and O–H groups in total. The number of hydrogen-bond donors (Lipinski definition) is 2. The zero-order valence-corrected chi connectivity index (χ0v) is 13.4. The molecule has 0 bridgehead atoms. The number of carbonyl (C=O) groups is 1. The summed E-state index contributed by atoms with van der Waals surface area (Å²) in [6.07, 6.45) is 0. The number of aryl methyl sites for hydroxylation is 3. The third-order valence-corrected chi connectivity index (χ3v) is 4.80. The smallest absolute Gasteiger partial charge is 0.265 e. The van der Waals surface area contributed by atoms with Crippen LogP contribution in [0.4, 0.5) is 11.4 Å². The molecule has 0 aliphatic carbocycles. The van der Waals surface area contributed by atoms with Gasteiger partial charge in [0.2, 0.25) is 0 Å². The van der Waals surface area contributed by atoms with E-state index >= 15 is 0 Å². The maximum Gasteiger partial charge on any atom is 0.265 e. The van der Waals surface area contributed by atoms with Crippen LogP contribution in [-0.4, -0.2) is 5.91 Å². The molecule has 0 saturated heterocycles. The summed E-state index contributed by atoms with van der Waals surface area (Å²) in [4.78, 5) is 14.0. The van der Waals surface area contributed by atoms with Gasteiger partial charge in [0.05, 0.1) is 10.6 Å². The lowest BCUT2D eigenvalue weighted by Gasteiger charge is -2.09. The third kappa shape index (κ3) is 2.98. The SMILES string of the molecule is Cc1cc(Br)c(NC(=O)c2cc(C)c(C)s2)cc1N. The molecule has 1 heterocycles. The van der Waals surface area contributed by atoms with E-state index < -0.39 is 0 Å². The molecule has 5 heteroatoms. The molecule has 3 nitrogen and oxygen atoms in total. The van der Waals surface area contributed by atoms with Gasteiger partial charge in [0.25, 0.3) is 5.91 Å². The van der Waals surface area contributed by atoms with Gasteiger partial charge < -0.3 is 11.1 Å². The monoisotopic (exact) mass is 338 g/mol. The lowest BCUT2D eigenvalue weighted by molar-refractivity contribution is 0.103. The standard InChI is InChI=1S/C14H15BrN2OS/c1-7-5-13(19-9(7)3)14(18)17-12-6-11(16)8(2)4-10(12)15/h4-6H,16H2,1-3H3,(H,17,18). The first kappa shape index (κ1) is 14.1. The van der Waals surface area contributed by atoms with Crippen molar-refractivity contribution in [1.29, 1.82) is 0 Å². The van der Waals surface area contributed by atoms with Crippen molar-refractivity contribution < 1.29 is 4.79 Å². The zero-order valence-electron chi connectivity index (χ0n) is 11.0. The van der Waals surface area contributed by atoms with Gasteiger partial charge >= 0.3 is 0 Å². The van der Waals surface area contributed by atoms with Gasteiger partial charge in [-0.3, -0.25) is 4.79 Å². The zero-order chi connectivity index (χ0) is 14.2. The second-order valence-electron chi connectivity index (χ2n) is 4.49. The van der Waals surface area contributed by atoms with E-state index in [9.17, 15) is 4.79 Å². The van der Waals surface area contributed by atoms with E-state index in [4.69, 9.17) is 5.73 Å². The molecule has 0 fully saturated rings. The molecule has 0 aliphatic heterocycles. The Labute approximate surface area is 125 Å². The number of thiophene rings is 1. The normalized spacial score (nSPS) is 10.5. The number of anilines is 2. The van der Waals surface area contributed by atoms with Crippen molar-refractivity contribution in [3.05, 3.63) is 43.6 Å². The van der Waals surface area contributed by atoms with Crippen LogP contribution in [0.3, 0.4) is 0 Å². The molecule has 1 aromatic carbocycles. The summed E-state index contributed by atoms with van der Waals surface area (Å²) in [5.41, 5.74) is 9.33. The highest BCUT2D eigenvalue weighted by Gasteiger charge is 2.13. The first-order valence-electron chi connectivity index (χ1n) is 5.82. The second-order valence-corrected chi connectivity index (χ2v) is 6.60. The van der Waals surface area contributed by atoms with Crippen molar-refractivity contribution in [3.63, 3.8) is 0 Å². The summed E-state index contributed by atoms with van der Waals surface area (Å²) < 4.78 is 0.831. The molecule has 0 spiro atoms. The molecular weight excluding hydrogens is 324 g/mol. The van der Waals surface area contributed by atoms with Crippen LogP contribution in [0.5, 0.6) is 0 Å². The van der Waals surface area contributed by atoms with E-state index in [1.807, 2.05) is 32.9 Å². The van der Waals surface area contributed by atoms with Crippen LogP contribution in [-0.2, 0) is 0 Å². The highest BCUT2D eigenvalue weighted by Crippen LogP contribution is 2.29. The van der Waals surface area contributed by atoms with Gasteiger partial charge in [-0.25, -0.2) is 0 Å². The molecule has 0 atom stereocenters. The van der Waals surface area contributed by atoms with Crippen LogP contribution in [0.1, 0.15) is 25.7 Å². The Balaban J connectivity index is 2.26. The fraction of sp³-hybridized carbons (Fsp3) is 0.214. The van der Waals surface area contributed by atoms with Crippen molar-refractivity contribution in [2.24, 2.45) is 0 Å². The van der Waals surface area contributed by atoms with E-state index in [2.05, 4.69) is 21.2 Å². The Bertz CT molecular complexity index is 630. The summed E-state index contributed by atoms with van der Waals surface area (Å²) in [6.45, 7) is 5.94. The van der Waals surface area contributed by atoms with Crippen LogP contribution in [0.15, 0.2) is 22.7 Å². The van der Waals surface area contributed by atoms with Crippen LogP contribution in [0.25, 0.3) is 0 Å². The van der Waals surface area contributed by atoms with Crippen LogP contribution >= 0.6 is 27.3 Å². The number of halogens is 1. The maximum atomic E-state index is 12.2. The third-order valence-electron chi connectivity index (χ3n) is 2.99. The minimum atomic E-state index is -0.106. The Hall–Kier alpha value is -1.33. The summed E-state index contributed by atoms with van der Waals surface area (Å²) in [7, 11) is 0. The highest BCUT2D eigenvalue weighted by atomic mass is 79.9. The van der Waals surface area contributed by atoms with Crippen molar-refractivity contribution in [2.45, 2.75) is 20.8 Å². The Morgan fingerprint density at radius 2 is 1.89 bits per heavy atom. The van der Waals surface area contributed by atoms with Gasteiger partial charge in [-0.15, -0.1) is 11.3 Å². The number of benzene rings is 1. The topological polar surface area (TPSA) is 55.1 Å². The van der Waals surface area contributed by atoms with E-state index in [-0.39, 0.29) is 5.91 Å². The average Bonchev–Trinajstić information content (AvgIpc) is 2.67. The number of hydrogen-bond acceptors (Lipinski definition) is 3.